The van der Waals surface area contributed by atoms with Crippen LogP contribution in [0.3, 0.4) is 0 Å². The van der Waals surface area contributed by atoms with Crippen LogP contribution in [0.4, 0.5) is 11.5 Å². The van der Waals surface area contributed by atoms with Crippen molar-refractivity contribution in [3.05, 3.63) is 78.2 Å². The van der Waals surface area contributed by atoms with E-state index in [0.717, 1.165) is 28.2 Å². The molecule has 8 nitrogen and oxygen atoms in total. The van der Waals surface area contributed by atoms with Crippen LogP contribution in [0.1, 0.15) is 16.1 Å². The van der Waals surface area contributed by atoms with Crippen molar-refractivity contribution < 1.29 is 14.6 Å². The Morgan fingerprint density at radius 2 is 1.97 bits per heavy atom. The zero-order chi connectivity index (χ0) is 22.1. The maximum Gasteiger partial charge on any atom is 0.272 e. The summed E-state index contributed by atoms with van der Waals surface area (Å²) in [5.41, 5.74) is 2.91. The van der Waals surface area contributed by atoms with E-state index in [0.29, 0.717) is 31.0 Å². The first-order valence-corrected chi connectivity index (χ1v) is 10.4. The number of ether oxygens (including phenoxy) is 1. The molecule has 1 aliphatic heterocycles. The van der Waals surface area contributed by atoms with Gasteiger partial charge in [-0.05, 0) is 48.0 Å². The summed E-state index contributed by atoms with van der Waals surface area (Å²) in [7, 11) is 1.63. The summed E-state index contributed by atoms with van der Waals surface area (Å²) in [5, 5.41) is 13.3. The lowest BCUT2D eigenvalue weighted by molar-refractivity contribution is 0.101. The Bertz CT molecular complexity index is 1250. The van der Waals surface area contributed by atoms with Crippen molar-refractivity contribution in [1.82, 2.24) is 14.5 Å². The van der Waals surface area contributed by atoms with Gasteiger partial charge in [0.15, 0.2) is 0 Å². The number of fused-ring (bicyclic) bond motifs is 1. The summed E-state index contributed by atoms with van der Waals surface area (Å²) in [6.07, 6.45) is 3.06. The van der Waals surface area contributed by atoms with Gasteiger partial charge in [0.2, 0.25) is 0 Å². The monoisotopic (exact) mass is 429 g/mol. The Hall–Kier alpha value is -3.91. The highest BCUT2D eigenvalue weighted by atomic mass is 16.5. The summed E-state index contributed by atoms with van der Waals surface area (Å²) < 4.78 is 7.15. The molecular weight excluding hydrogens is 406 g/mol. The molecular formula is C24H23N5O3. The van der Waals surface area contributed by atoms with Crippen LogP contribution in [0.2, 0.25) is 0 Å². The third-order valence-corrected chi connectivity index (χ3v) is 5.58. The number of anilines is 2. The minimum Gasteiger partial charge on any atom is -0.497 e. The number of rotatable bonds is 6. The third kappa shape index (κ3) is 3.88. The summed E-state index contributed by atoms with van der Waals surface area (Å²) in [5.74, 6) is 1.34. The largest absolute Gasteiger partial charge is 0.497 e. The van der Waals surface area contributed by atoms with Crippen LogP contribution < -0.4 is 15.0 Å². The molecule has 0 unspecified atom stereocenters. The van der Waals surface area contributed by atoms with Crippen molar-refractivity contribution in [1.29, 1.82) is 0 Å². The number of aliphatic hydroxyl groups excluding tert-OH is 1. The van der Waals surface area contributed by atoms with Gasteiger partial charge >= 0.3 is 0 Å². The van der Waals surface area contributed by atoms with E-state index < -0.39 is 0 Å². The quantitative estimate of drug-likeness (QED) is 0.490. The fourth-order valence-electron chi connectivity index (χ4n) is 3.83. The molecule has 0 spiro atoms. The second kappa shape index (κ2) is 8.32. The topological polar surface area (TPSA) is 92.5 Å². The number of nitrogens with zero attached hydrogens (tertiary/aromatic N) is 4. The van der Waals surface area contributed by atoms with Crippen molar-refractivity contribution in [3.8, 4) is 5.75 Å². The molecule has 0 radical (unpaired) electrons. The Morgan fingerprint density at radius 3 is 2.66 bits per heavy atom. The van der Waals surface area contributed by atoms with E-state index >= 15 is 0 Å². The lowest BCUT2D eigenvalue weighted by Crippen LogP contribution is -2.51. The van der Waals surface area contributed by atoms with Crippen LogP contribution >= 0.6 is 0 Å². The average molecular weight is 429 g/mol. The van der Waals surface area contributed by atoms with Gasteiger partial charge in [-0.25, -0.2) is 9.97 Å². The minimum absolute atomic E-state index is 0.231. The van der Waals surface area contributed by atoms with Gasteiger partial charge in [-0.2, -0.15) is 0 Å². The van der Waals surface area contributed by atoms with E-state index in [-0.39, 0.29) is 12.0 Å². The third-order valence-electron chi connectivity index (χ3n) is 5.58. The van der Waals surface area contributed by atoms with Crippen LogP contribution in [-0.2, 0) is 6.54 Å². The number of aromatic nitrogens is 3. The smallest absolute Gasteiger partial charge is 0.272 e. The number of nitrogens with one attached hydrogen (secondary N) is 1. The molecule has 4 aromatic rings. The molecule has 3 aromatic heterocycles. The normalized spacial score (nSPS) is 13.8. The van der Waals surface area contributed by atoms with Crippen LogP contribution in [-0.4, -0.2) is 51.9 Å². The van der Waals surface area contributed by atoms with Crippen molar-refractivity contribution >= 4 is 28.4 Å². The number of aliphatic hydroxyl groups is 1. The number of hydrogen-bond acceptors (Lipinski definition) is 6. The lowest BCUT2D eigenvalue weighted by Gasteiger charge is -2.36. The second-order valence-corrected chi connectivity index (χ2v) is 7.80. The SMILES string of the molecule is COc1ccc(Cn2c(C(=O)Nc3ccc(N4CC(O)C4)nc3)cc3cccnc32)cc1. The first-order valence-electron chi connectivity index (χ1n) is 10.4. The summed E-state index contributed by atoms with van der Waals surface area (Å²) >= 11 is 0. The van der Waals surface area contributed by atoms with Gasteiger partial charge < -0.3 is 24.6 Å². The van der Waals surface area contributed by atoms with Crippen LogP contribution in [0.25, 0.3) is 11.0 Å². The van der Waals surface area contributed by atoms with E-state index in [4.69, 9.17) is 4.74 Å². The standard InChI is InChI=1S/C24H23N5O3/c1-32-20-7-4-16(5-8-20)13-29-21(11-17-3-2-10-25-23(17)29)24(31)27-18-6-9-22(26-12-18)28-14-19(30)15-28/h2-12,19,30H,13-15H2,1H3,(H,27,31). The van der Waals surface area contributed by atoms with Gasteiger partial charge in [0.05, 0.1) is 25.1 Å². The maximum atomic E-state index is 13.2. The Morgan fingerprint density at radius 1 is 1.16 bits per heavy atom. The molecule has 8 heteroatoms. The average Bonchev–Trinajstić information content (AvgIpc) is 3.17. The van der Waals surface area contributed by atoms with E-state index in [9.17, 15) is 9.90 Å². The molecule has 1 aromatic carbocycles. The summed E-state index contributed by atoms with van der Waals surface area (Å²) in [4.78, 5) is 24.0. The number of β-amino-alcohol motifs (C(OH)–C–C–N with tert-alkyl or cyclic N) is 1. The number of benzene rings is 1. The predicted molar refractivity (Wildman–Crippen MR) is 122 cm³/mol. The molecule has 2 N–H and O–H groups in total. The molecule has 5 rings (SSSR count). The van der Waals surface area contributed by atoms with Gasteiger partial charge in [-0.3, -0.25) is 4.79 Å². The van der Waals surface area contributed by atoms with Gasteiger partial charge in [0, 0.05) is 31.2 Å². The predicted octanol–water partition coefficient (Wildman–Crippen LogP) is 2.92. The van der Waals surface area contributed by atoms with Crippen LogP contribution in [0.15, 0.2) is 67.0 Å². The number of hydrogen-bond donors (Lipinski definition) is 2. The fourth-order valence-corrected chi connectivity index (χ4v) is 3.83. The molecule has 0 bridgehead atoms. The Labute approximate surface area is 185 Å². The minimum atomic E-state index is -0.294. The number of methoxy groups -OCH3 is 1. The molecule has 4 heterocycles. The summed E-state index contributed by atoms with van der Waals surface area (Å²) in [6.45, 7) is 1.66. The van der Waals surface area contributed by atoms with Crippen LogP contribution in [0.5, 0.6) is 5.75 Å². The molecule has 1 fully saturated rings. The fraction of sp³-hybridized carbons (Fsp3) is 0.208. The summed E-state index contributed by atoms with van der Waals surface area (Å²) in [6, 6.07) is 17.1. The van der Waals surface area contributed by atoms with Crippen molar-refractivity contribution in [3.63, 3.8) is 0 Å². The highest BCUT2D eigenvalue weighted by molar-refractivity contribution is 6.06. The molecule has 0 atom stereocenters. The van der Waals surface area contributed by atoms with E-state index in [1.54, 1.807) is 19.5 Å². The molecule has 0 saturated carbocycles. The van der Waals surface area contributed by atoms with Crippen LogP contribution in [0, 0.1) is 0 Å². The molecule has 1 saturated heterocycles. The molecule has 1 amide bonds. The molecule has 1 aliphatic rings. The number of carbonyl (C=O) groups is 1. The first kappa shape index (κ1) is 20.0. The van der Waals surface area contributed by atoms with Crippen molar-refractivity contribution in [2.75, 3.05) is 30.4 Å². The van der Waals surface area contributed by atoms with Gasteiger partial charge in [0.1, 0.15) is 22.9 Å². The van der Waals surface area contributed by atoms with E-state index in [1.807, 2.05) is 64.1 Å². The van der Waals surface area contributed by atoms with Gasteiger partial charge in [-0.15, -0.1) is 0 Å². The van der Waals surface area contributed by atoms with E-state index in [2.05, 4.69) is 15.3 Å². The maximum absolute atomic E-state index is 13.2. The highest BCUT2D eigenvalue weighted by Gasteiger charge is 2.25. The van der Waals surface area contributed by atoms with Crippen molar-refractivity contribution in [2.45, 2.75) is 12.6 Å². The van der Waals surface area contributed by atoms with Gasteiger partial charge in [-0.1, -0.05) is 12.1 Å². The van der Waals surface area contributed by atoms with Crippen molar-refractivity contribution in [2.24, 2.45) is 0 Å². The molecule has 0 aliphatic carbocycles. The lowest BCUT2D eigenvalue weighted by atomic mass is 10.2. The number of pyridine rings is 2. The Balaban J connectivity index is 1.40. The first-order chi connectivity index (χ1) is 15.6. The molecule has 32 heavy (non-hydrogen) atoms. The second-order valence-electron chi connectivity index (χ2n) is 7.80. The highest BCUT2D eigenvalue weighted by Crippen LogP contribution is 2.23. The zero-order valence-electron chi connectivity index (χ0n) is 17.6. The zero-order valence-corrected chi connectivity index (χ0v) is 17.6. The Kier molecular flexibility index (Phi) is 5.20. The van der Waals surface area contributed by atoms with Gasteiger partial charge in [0.25, 0.3) is 5.91 Å². The van der Waals surface area contributed by atoms with E-state index in [1.165, 1.54) is 0 Å². The molecule has 162 valence electrons. The number of amides is 1. The number of carbonyl (C=O) groups excluding carboxylic acids is 1.